The Morgan fingerprint density at radius 1 is 1.26 bits per heavy atom. The fraction of sp³-hybridized carbons (Fsp3) is 0.533. The predicted molar refractivity (Wildman–Crippen MR) is 75.5 cm³/mol. The van der Waals surface area contributed by atoms with Crippen LogP contribution in [0.25, 0.3) is 0 Å². The van der Waals surface area contributed by atoms with Gasteiger partial charge in [0.25, 0.3) is 0 Å². The van der Waals surface area contributed by atoms with Crippen LogP contribution in [-0.2, 0) is 6.42 Å². The molecule has 1 atom stereocenters. The third kappa shape index (κ3) is 3.19. The second-order valence-electron chi connectivity index (χ2n) is 5.06. The highest BCUT2D eigenvalue weighted by Crippen LogP contribution is 2.17. The Hall–Kier alpha value is -1.71. The third-order valence-electron chi connectivity index (χ3n) is 3.71. The number of ether oxygens (including phenoxy) is 1. The van der Waals surface area contributed by atoms with Crippen LogP contribution in [-0.4, -0.2) is 49.1 Å². The van der Waals surface area contributed by atoms with Gasteiger partial charge in [-0.3, -0.25) is 0 Å². The van der Waals surface area contributed by atoms with Gasteiger partial charge in [-0.25, -0.2) is 4.79 Å². The van der Waals surface area contributed by atoms with Gasteiger partial charge < -0.3 is 14.5 Å². The van der Waals surface area contributed by atoms with E-state index in [2.05, 4.69) is 19.1 Å². The maximum atomic E-state index is 11.6. The van der Waals surface area contributed by atoms with Crippen LogP contribution in [0.15, 0.2) is 24.3 Å². The van der Waals surface area contributed by atoms with Gasteiger partial charge in [-0.05, 0) is 24.1 Å². The van der Waals surface area contributed by atoms with E-state index >= 15 is 0 Å². The average molecular weight is 262 g/mol. The molecule has 0 bridgehead atoms. The second-order valence-corrected chi connectivity index (χ2v) is 5.06. The Bertz CT molecular complexity index is 430. The molecule has 2 rings (SSSR count). The maximum absolute atomic E-state index is 11.6. The number of benzene rings is 1. The number of hydrogen-bond donors (Lipinski definition) is 0. The largest absolute Gasteiger partial charge is 0.494 e. The molecule has 0 N–H and O–H groups in total. The summed E-state index contributed by atoms with van der Waals surface area (Å²) in [6, 6.07) is 8.55. The minimum atomic E-state index is 0.0947. The summed E-state index contributed by atoms with van der Waals surface area (Å²) in [5.41, 5.74) is 1.31. The average Bonchev–Trinajstić information content (AvgIpc) is 2.67. The molecule has 0 aliphatic carbocycles. The number of carbonyl (C=O) groups excluding carboxylic acids is 1. The Balaban J connectivity index is 1.78. The van der Waals surface area contributed by atoms with Crippen molar-refractivity contribution in [2.24, 2.45) is 0 Å². The molecule has 1 aliphatic heterocycles. The van der Waals surface area contributed by atoms with E-state index in [-0.39, 0.29) is 12.1 Å². The van der Waals surface area contributed by atoms with E-state index in [0.717, 1.165) is 25.1 Å². The Morgan fingerprint density at radius 2 is 1.95 bits per heavy atom. The molecular weight excluding hydrogens is 240 g/mol. The number of nitrogens with zero attached hydrogens (tertiary/aromatic N) is 2. The highest BCUT2D eigenvalue weighted by Gasteiger charge is 2.31. The molecule has 0 unspecified atom stereocenters. The minimum absolute atomic E-state index is 0.0947. The van der Waals surface area contributed by atoms with Crippen molar-refractivity contribution < 1.29 is 9.53 Å². The molecule has 1 aromatic rings. The highest BCUT2D eigenvalue weighted by atomic mass is 16.5. The molecule has 19 heavy (non-hydrogen) atoms. The van der Waals surface area contributed by atoms with E-state index in [4.69, 9.17) is 4.74 Å². The molecule has 104 valence electrons. The second kappa shape index (κ2) is 5.95. The fourth-order valence-corrected chi connectivity index (χ4v) is 2.36. The SMILES string of the molecule is CCc1ccc(OCC[C@H]2CN(C)C(=O)N2C)cc1. The molecule has 1 saturated heterocycles. The zero-order valence-corrected chi connectivity index (χ0v) is 11.9. The first kappa shape index (κ1) is 13.7. The summed E-state index contributed by atoms with van der Waals surface area (Å²) in [4.78, 5) is 15.2. The Morgan fingerprint density at radius 3 is 2.47 bits per heavy atom. The molecule has 0 saturated carbocycles. The summed E-state index contributed by atoms with van der Waals surface area (Å²) in [6.07, 6.45) is 1.91. The molecule has 1 heterocycles. The van der Waals surface area contributed by atoms with Gasteiger partial charge in [0.2, 0.25) is 0 Å². The number of amides is 2. The summed E-state index contributed by atoms with van der Waals surface area (Å²) in [5, 5.41) is 0. The van der Waals surface area contributed by atoms with Gasteiger partial charge in [0.05, 0.1) is 12.6 Å². The van der Waals surface area contributed by atoms with Crippen molar-refractivity contribution >= 4 is 6.03 Å². The lowest BCUT2D eigenvalue weighted by Crippen LogP contribution is -2.31. The van der Waals surface area contributed by atoms with Crippen molar-refractivity contribution in [2.45, 2.75) is 25.8 Å². The molecule has 2 amide bonds. The summed E-state index contributed by atoms with van der Waals surface area (Å²) >= 11 is 0. The number of hydrogen-bond acceptors (Lipinski definition) is 2. The summed E-state index contributed by atoms with van der Waals surface area (Å²) in [6.45, 7) is 3.56. The van der Waals surface area contributed by atoms with E-state index in [0.29, 0.717) is 6.61 Å². The van der Waals surface area contributed by atoms with Crippen LogP contribution in [0.4, 0.5) is 4.79 Å². The van der Waals surface area contributed by atoms with Crippen LogP contribution in [0.3, 0.4) is 0 Å². The summed E-state index contributed by atoms with van der Waals surface area (Å²) in [5.74, 6) is 0.900. The predicted octanol–water partition coefficient (Wildman–Crippen LogP) is 2.38. The first-order valence-corrected chi connectivity index (χ1v) is 6.81. The van der Waals surface area contributed by atoms with Crippen molar-refractivity contribution in [3.05, 3.63) is 29.8 Å². The van der Waals surface area contributed by atoms with Gasteiger partial charge in [0, 0.05) is 27.1 Å². The molecule has 4 heteroatoms. The Labute approximate surface area is 115 Å². The normalized spacial score (nSPS) is 19.1. The molecule has 0 aromatic heterocycles. The van der Waals surface area contributed by atoms with E-state index in [1.54, 1.807) is 9.80 Å². The van der Waals surface area contributed by atoms with Crippen LogP contribution in [0.5, 0.6) is 5.75 Å². The molecule has 1 fully saturated rings. The van der Waals surface area contributed by atoms with Gasteiger partial charge in [0.1, 0.15) is 5.75 Å². The minimum Gasteiger partial charge on any atom is -0.494 e. The van der Waals surface area contributed by atoms with Gasteiger partial charge in [-0.1, -0.05) is 19.1 Å². The fourth-order valence-electron chi connectivity index (χ4n) is 2.36. The topological polar surface area (TPSA) is 32.8 Å². The van der Waals surface area contributed by atoms with Crippen molar-refractivity contribution in [3.63, 3.8) is 0 Å². The third-order valence-corrected chi connectivity index (χ3v) is 3.71. The quantitative estimate of drug-likeness (QED) is 0.816. The van der Waals surface area contributed by atoms with Crippen LogP contribution in [0.2, 0.25) is 0 Å². The zero-order valence-electron chi connectivity index (χ0n) is 11.9. The van der Waals surface area contributed by atoms with Crippen LogP contribution < -0.4 is 4.74 Å². The summed E-state index contributed by atoms with van der Waals surface area (Å²) in [7, 11) is 3.69. The Kier molecular flexibility index (Phi) is 4.30. The van der Waals surface area contributed by atoms with Gasteiger partial charge >= 0.3 is 6.03 Å². The van der Waals surface area contributed by atoms with Crippen LogP contribution in [0.1, 0.15) is 18.9 Å². The molecule has 1 aliphatic rings. The monoisotopic (exact) mass is 262 g/mol. The van der Waals surface area contributed by atoms with E-state index in [9.17, 15) is 4.79 Å². The summed E-state index contributed by atoms with van der Waals surface area (Å²) < 4.78 is 5.73. The number of urea groups is 1. The number of carbonyl (C=O) groups is 1. The van der Waals surface area contributed by atoms with Crippen molar-refractivity contribution in [1.29, 1.82) is 0 Å². The first-order valence-electron chi connectivity index (χ1n) is 6.81. The molecule has 4 nitrogen and oxygen atoms in total. The molecular formula is C15H22N2O2. The lowest BCUT2D eigenvalue weighted by Gasteiger charge is -2.17. The molecule has 1 aromatic carbocycles. The highest BCUT2D eigenvalue weighted by molar-refractivity contribution is 5.76. The first-order chi connectivity index (χ1) is 9.11. The standard InChI is InChI=1S/C15H22N2O2/c1-4-12-5-7-14(8-6-12)19-10-9-13-11-16(2)15(18)17(13)3/h5-8,13H,4,9-11H2,1-3H3/t13-/m0/s1. The lowest BCUT2D eigenvalue weighted by atomic mass is 10.2. The van der Waals surface area contributed by atoms with Crippen molar-refractivity contribution in [2.75, 3.05) is 27.2 Å². The van der Waals surface area contributed by atoms with Crippen molar-refractivity contribution in [1.82, 2.24) is 9.80 Å². The van der Waals surface area contributed by atoms with Crippen LogP contribution in [0, 0.1) is 0 Å². The zero-order chi connectivity index (χ0) is 13.8. The van der Waals surface area contributed by atoms with E-state index in [1.807, 2.05) is 26.2 Å². The number of rotatable bonds is 5. The van der Waals surface area contributed by atoms with Gasteiger partial charge in [-0.15, -0.1) is 0 Å². The maximum Gasteiger partial charge on any atom is 0.319 e. The van der Waals surface area contributed by atoms with Crippen molar-refractivity contribution in [3.8, 4) is 5.75 Å². The van der Waals surface area contributed by atoms with E-state index < -0.39 is 0 Å². The molecule has 0 radical (unpaired) electrons. The number of aryl methyl sites for hydroxylation is 1. The lowest BCUT2D eigenvalue weighted by molar-refractivity contribution is 0.196. The smallest absolute Gasteiger partial charge is 0.319 e. The van der Waals surface area contributed by atoms with Crippen LogP contribution >= 0.6 is 0 Å². The molecule has 0 spiro atoms. The van der Waals surface area contributed by atoms with Gasteiger partial charge in [-0.2, -0.15) is 0 Å². The van der Waals surface area contributed by atoms with E-state index in [1.165, 1.54) is 5.56 Å². The number of likely N-dealkylation sites (N-methyl/N-ethyl adjacent to an activating group) is 2. The van der Waals surface area contributed by atoms with Gasteiger partial charge in [0.15, 0.2) is 0 Å².